The number of Topliss-reactive ketones (excluding diaryl/α,β-unsaturated/α-hetero) is 1. The molecule has 0 aliphatic heterocycles. The summed E-state index contributed by atoms with van der Waals surface area (Å²) >= 11 is 0. The summed E-state index contributed by atoms with van der Waals surface area (Å²) in [7, 11) is 3.63. The third-order valence-electron chi connectivity index (χ3n) is 4.57. The lowest BCUT2D eigenvalue weighted by Gasteiger charge is -2.34. The SMILES string of the molecule is CN(C)c1ccc(C(=O)OC(C(=O)O)(C(=O)O)[C@H]2CCCC(=O)C2)cc1. The zero-order valence-electron chi connectivity index (χ0n) is 14.6. The standard InChI is InChI=1S/C18H21NO7/c1-19(2)13-8-6-11(7-9-13)15(21)26-18(16(22)23,17(24)25)12-4-3-5-14(20)10-12/h6-9,12H,3-5,10H2,1-2H3,(H,22,23)(H,24,25)/t12-/m0/s1. The van der Waals surface area contributed by atoms with Gasteiger partial charge in [0.1, 0.15) is 5.78 Å². The van der Waals surface area contributed by atoms with Crippen molar-refractivity contribution in [3.05, 3.63) is 29.8 Å². The molecule has 0 unspecified atom stereocenters. The number of hydrogen-bond donors (Lipinski definition) is 2. The molecule has 0 aromatic heterocycles. The van der Waals surface area contributed by atoms with Gasteiger partial charge in [-0.15, -0.1) is 0 Å². The number of hydrogen-bond acceptors (Lipinski definition) is 6. The first-order valence-corrected chi connectivity index (χ1v) is 8.17. The molecule has 1 aromatic carbocycles. The molecule has 8 heteroatoms. The Labute approximate surface area is 150 Å². The number of benzene rings is 1. The highest BCUT2D eigenvalue weighted by atomic mass is 16.6. The average Bonchev–Trinajstić information content (AvgIpc) is 2.58. The third kappa shape index (κ3) is 3.68. The summed E-state index contributed by atoms with van der Waals surface area (Å²) in [4.78, 5) is 49.5. The molecule has 1 aliphatic rings. The van der Waals surface area contributed by atoms with Crippen LogP contribution >= 0.6 is 0 Å². The highest BCUT2D eigenvalue weighted by Crippen LogP contribution is 2.35. The monoisotopic (exact) mass is 363 g/mol. The number of carboxylic acids is 2. The molecular formula is C18H21NO7. The highest BCUT2D eigenvalue weighted by molar-refractivity contribution is 6.06. The molecule has 2 N–H and O–H groups in total. The predicted molar refractivity (Wildman–Crippen MR) is 91.2 cm³/mol. The van der Waals surface area contributed by atoms with Crippen molar-refractivity contribution in [3.63, 3.8) is 0 Å². The predicted octanol–water partition coefficient (Wildman–Crippen LogP) is 1.58. The number of carbonyl (C=O) groups is 4. The van der Waals surface area contributed by atoms with Crippen molar-refractivity contribution in [2.75, 3.05) is 19.0 Å². The molecular weight excluding hydrogens is 342 g/mol. The number of ether oxygens (including phenoxy) is 1. The van der Waals surface area contributed by atoms with E-state index in [4.69, 9.17) is 4.74 Å². The van der Waals surface area contributed by atoms with Crippen molar-refractivity contribution in [2.45, 2.75) is 31.3 Å². The van der Waals surface area contributed by atoms with Crippen molar-refractivity contribution in [3.8, 4) is 0 Å². The molecule has 0 heterocycles. The Bertz CT molecular complexity index is 710. The van der Waals surface area contributed by atoms with Gasteiger partial charge in [-0.25, -0.2) is 14.4 Å². The van der Waals surface area contributed by atoms with Crippen molar-refractivity contribution in [1.29, 1.82) is 0 Å². The first kappa shape index (κ1) is 19.4. The summed E-state index contributed by atoms with van der Waals surface area (Å²) in [6.45, 7) is 0. The minimum Gasteiger partial charge on any atom is -0.478 e. The minimum atomic E-state index is -2.78. The highest BCUT2D eigenvalue weighted by Gasteiger charge is 2.58. The van der Waals surface area contributed by atoms with Crippen LogP contribution in [0.5, 0.6) is 0 Å². The van der Waals surface area contributed by atoms with Gasteiger partial charge in [-0.1, -0.05) is 0 Å². The average molecular weight is 363 g/mol. The van der Waals surface area contributed by atoms with E-state index in [-0.39, 0.29) is 30.6 Å². The van der Waals surface area contributed by atoms with E-state index in [0.29, 0.717) is 6.42 Å². The van der Waals surface area contributed by atoms with E-state index < -0.39 is 29.4 Å². The number of ketones is 1. The quantitative estimate of drug-likeness (QED) is 0.577. The fourth-order valence-corrected chi connectivity index (χ4v) is 3.08. The number of rotatable bonds is 6. The Hall–Kier alpha value is -2.90. The summed E-state index contributed by atoms with van der Waals surface area (Å²) in [5, 5.41) is 19.1. The molecule has 0 spiro atoms. The van der Waals surface area contributed by atoms with Crippen LogP contribution in [0.1, 0.15) is 36.0 Å². The van der Waals surface area contributed by atoms with Crippen LogP contribution in [0.25, 0.3) is 0 Å². The molecule has 1 saturated carbocycles. The van der Waals surface area contributed by atoms with Gasteiger partial charge in [-0.3, -0.25) is 4.79 Å². The maximum Gasteiger partial charge on any atom is 0.360 e. The number of carboxylic acid groups (broad SMARTS) is 2. The van der Waals surface area contributed by atoms with Gasteiger partial charge in [0, 0.05) is 38.5 Å². The number of aliphatic carboxylic acids is 2. The lowest BCUT2D eigenvalue weighted by Crippen LogP contribution is -2.57. The maximum absolute atomic E-state index is 12.4. The van der Waals surface area contributed by atoms with Gasteiger partial charge < -0.3 is 19.8 Å². The molecule has 1 aliphatic carbocycles. The van der Waals surface area contributed by atoms with Crippen molar-refractivity contribution in [2.24, 2.45) is 5.92 Å². The van der Waals surface area contributed by atoms with E-state index in [1.807, 2.05) is 19.0 Å². The van der Waals surface area contributed by atoms with E-state index >= 15 is 0 Å². The Morgan fingerprint density at radius 1 is 1.12 bits per heavy atom. The summed E-state index contributed by atoms with van der Waals surface area (Å²) in [6.07, 6.45) is 0.565. The van der Waals surface area contributed by atoms with Gasteiger partial charge >= 0.3 is 23.5 Å². The topological polar surface area (TPSA) is 121 Å². The van der Waals surface area contributed by atoms with E-state index in [1.165, 1.54) is 12.1 Å². The van der Waals surface area contributed by atoms with Gasteiger partial charge in [-0.05, 0) is 37.1 Å². The molecule has 0 radical (unpaired) electrons. The fraction of sp³-hybridized carbons (Fsp3) is 0.444. The van der Waals surface area contributed by atoms with Gasteiger partial charge in [0.05, 0.1) is 5.56 Å². The Balaban J connectivity index is 2.34. The van der Waals surface area contributed by atoms with Crippen molar-refractivity contribution in [1.82, 2.24) is 0 Å². The van der Waals surface area contributed by atoms with E-state index in [9.17, 15) is 29.4 Å². The van der Waals surface area contributed by atoms with Gasteiger partial charge in [0.25, 0.3) is 0 Å². The second-order valence-corrected chi connectivity index (χ2v) is 6.51. The van der Waals surface area contributed by atoms with Crippen LogP contribution < -0.4 is 4.90 Å². The van der Waals surface area contributed by atoms with Gasteiger partial charge in [0.2, 0.25) is 0 Å². The van der Waals surface area contributed by atoms with Crippen LogP contribution in [-0.2, 0) is 19.1 Å². The summed E-state index contributed by atoms with van der Waals surface area (Å²) in [6, 6.07) is 6.12. The molecule has 2 rings (SSSR count). The summed E-state index contributed by atoms with van der Waals surface area (Å²) in [5.74, 6) is -5.98. The minimum absolute atomic E-state index is 0.0320. The van der Waals surface area contributed by atoms with Gasteiger partial charge in [0.15, 0.2) is 0 Å². The first-order chi connectivity index (χ1) is 12.2. The molecule has 8 nitrogen and oxygen atoms in total. The number of carbonyl (C=O) groups excluding carboxylic acids is 2. The smallest absolute Gasteiger partial charge is 0.360 e. The largest absolute Gasteiger partial charge is 0.478 e. The lowest BCUT2D eigenvalue weighted by molar-refractivity contribution is -0.185. The van der Waals surface area contributed by atoms with E-state index in [2.05, 4.69) is 0 Å². The van der Waals surface area contributed by atoms with Crippen LogP contribution in [0.15, 0.2) is 24.3 Å². The third-order valence-corrected chi connectivity index (χ3v) is 4.57. The first-order valence-electron chi connectivity index (χ1n) is 8.17. The Morgan fingerprint density at radius 3 is 2.15 bits per heavy atom. The van der Waals surface area contributed by atoms with E-state index in [0.717, 1.165) is 5.69 Å². The van der Waals surface area contributed by atoms with Crippen LogP contribution in [-0.4, -0.2) is 53.6 Å². The number of anilines is 1. The second kappa shape index (κ2) is 7.55. The lowest BCUT2D eigenvalue weighted by atomic mass is 9.76. The molecule has 26 heavy (non-hydrogen) atoms. The van der Waals surface area contributed by atoms with Crippen LogP contribution in [0.4, 0.5) is 5.69 Å². The normalized spacial score (nSPS) is 17.5. The maximum atomic E-state index is 12.4. The van der Waals surface area contributed by atoms with E-state index in [1.54, 1.807) is 12.1 Å². The van der Waals surface area contributed by atoms with Crippen molar-refractivity contribution < 1.29 is 34.1 Å². The van der Waals surface area contributed by atoms with Crippen LogP contribution in [0, 0.1) is 5.92 Å². The molecule has 140 valence electrons. The Kier molecular flexibility index (Phi) is 5.64. The number of esters is 1. The fourth-order valence-electron chi connectivity index (χ4n) is 3.08. The molecule has 1 aromatic rings. The summed E-state index contributed by atoms with van der Waals surface area (Å²) < 4.78 is 5.03. The molecule has 0 saturated heterocycles. The number of nitrogens with zero attached hydrogens (tertiary/aromatic N) is 1. The Morgan fingerprint density at radius 2 is 1.69 bits per heavy atom. The second-order valence-electron chi connectivity index (χ2n) is 6.51. The molecule has 1 atom stereocenters. The zero-order valence-corrected chi connectivity index (χ0v) is 14.6. The van der Waals surface area contributed by atoms with Crippen LogP contribution in [0.2, 0.25) is 0 Å². The molecule has 1 fully saturated rings. The zero-order chi connectivity index (χ0) is 19.5. The summed E-state index contributed by atoms with van der Waals surface area (Å²) in [5.41, 5.74) is -1.94. The molecule has 0 bridgehead atoms. The molecule has 0 amide bonds. The van der Waals surface area contributed by atoms with Gasteiger partial charge in [-0.2, -0.15) is 0 Å². The van der Waals surface area contributed by atoms with Crippen LogP contribution in [0.3, 0.4) is 0 Å². The van der Waals surface area contributed by atoms with Crippen molar-refractivity contribution >= 4 is 29.4 Å².